The molecule has 0 spiro atoms. The maximum absolute atomic E-state index is 13.4. The number of hydrogen-bond donors (Lipinski definition) is 1. The molecular weight excluding hydrogens is 416 g/mol. The molecule has 2 amide bonds. The Morgan fingerprint density at radius 1 is 1.06 bits per heavy atom. The van der Waals surface area contributed by atoms with Crippen molar-refractivity contribution >= 4 is 28.5 Å². The Bertz CT molecular complexity index is 1280. The second kappa shape index (κ2) is 8.94. The molecule has 1 fully saturated rings. The predicted molar refractivity (Wildman–Crippen MR) is 126 cm³/mol. The van der Waals surface area contributed by atoms with Crippen LogP contribution in [0, 0.1) is 12.8 Å². The van der Waals surface area contributed by atoms with Crippen LogP contribution >= 0.6 is 0 Å². The summed E-state index contributed by atoms with van der Waals surface area (Å²) in [6.45, 7) is 3.59. The lowest BCUT2D eigenvalue weighted by atomic mass is 9.95. The number of aromatic nitrogens is 2. The van der Waals surface area contributed by atoms with Gasteiger partial charge in [-0.15, -0.1) is 0 Å². The average molecular weight is 443 g/mol. The van der Waals surface area contributed by atoms with Crippen molar-refractivity contribution in [3.63, 3.8) is 0 Å². The number of para-hydroxylation sites is 1. The zero-order chi connectivity index (χ0) is 22.8. The molecule has 4 aromatic rings. The summed E-state index contributed by atoms with van der Waals surface area (Å²) in [5.74, 6) is 0.878. The molecule has 0 unspecified atom stereocenters. The molecule has 7 heteroatoms. The quantitative estimate of drug-likeness (QED) is 0.494. The van der Waals surface area contributed by atoms with E-state index in [0.29, 0.717) is 49.6 Å². The first-order chi connectivity index (χ1) is 16.1. The second-order valence-corrected chi connectivity index (χ2v) is 8.55. The Kier molecular flexibility index (Phi) is 5.69. The molecule has 0 radical (unpaired) electrons. The topological polar surface area (TPSA) is 80.4 Å². The van der Waals surface area contributed by atoms with Crippen LogP contribution in [0.15, 0.2) is 71.4 Å². The monoisotopic (exact) mass is 442 g/mol. The van der Waals surface area contributed by atoms with Gasteiger partial charge in [0.1, 0.15) is 5.76 Å². The van der Waals surface area contributed by atoms with Gasteiger partial charge in [-0.05, 0) is 31.4 Å². The van der Waals surface area contributed by atoms with Crippen LogP contribution in [-0.2, 0) is 11.3 Å². The Labute approximate surface area is 192 Å². The molecule has 168 valence electrons. The Hall–Kier alpha value is -3.87. The Morgan fingerprint density at radius 3 is 2.52 bits per heavy atom. The number of fused-ring (bicyclic) bond motifs is 1. The molecule has 0 aliphatic carbocycles. The van der Waals surface area contributed by atoms with E-state index >= 15 is 0 Å². The van der Waals surface area contributed by atoms with E-state index in [1.165, 1.54) is 5.56 Å². The maximum atomic E-state index is 13.4. The van der Waals surface area contributed by atoms with E-state index in [2.05, 4.69) is 33.2 Å². The number of rotatable bonds is 5. The molecule has 2 aromatic heterocycles. The highest BCUT2D eigenvalue weighted by Crippen LogP contribution is 2.26. The van der Waals surface area contributed by atoms with Gasteiger partial charge in [-0.25, -0.2) is 0 Å². The number of aryl methyl sites for hydroxylation is 1. The van der Waals surface area contributed by atoms with Crippen molar-refractivity contribution in [3.05, 3.63) is 83.7 Å². The molecule has 2 aromatic carbocycles. The lowest BCUT2D eigenvalue weighted by molar-refractivity contribution is -0.121. The summed E-state index contributed by atoms with van der Waals surface area (Å²) in [4.78, 5) is 27.9. The van der Waals surface area contributed by atoms with Gasteiger partial charge in [-0.3, -0.25) is 9.59 Å². The van der Waals surface area contributed by atoms with Gasteiger partial charge in [0.2, 0.25) is 5.91 Å². The molecule has 1 aliphatic rings. The molecule has 0 bridgehead atoms. The maximum Gasteiger partial charge on any atom is 0.256 e. The molecule has 7 nitrogen and oxygen atoms in total. The minimum absolute atomic E-state index is 0.0176. The summed E-state index contributed by atoms with van der Waals surface area (Å²) in [7, 11) is 0. The van der Waals surface area contributed by atoms with E-state index in [1.54, 1.807) is 13.0 Å². The fourth-order valence-electron chi connectivity index (χ4n) is 4.50. The summed E-state index contributed by atoms with van der Waals surface area (Å²) < 4.78 is 7.14. The van der Waals surface area contributed by atoms with Gasteiger partial charge in [-0.2, -0.15) is 0 Å². The fraction of sp³-hybridized carbons (Fsp3) is 0.269. The highest BCUT2D eigenvalue weighted by molar-refractivity contribution is 6.07. The van der Waals surface area contributed by atoms with Crippen LogP contribution in [0.2, 0.25) is 0 Å². The SMILES string of the molecule is Cc1cc(NC(=O)C2CCN(C(=O)c3cn(Cc4ccccc4)c4ccccc34)CC2)no1. The van der Waals surface area contributed by atoms with Crippen molar-refractivity contribution < 1.29 is 14.1 Å². The van der Waals surface area contributed by atoms with Crippen molar-refractivity contribution in [2.45, 2.75) is 26.3 Å². The van der Waals surface area contributed by atoms with E-state index in [4.69, 9.17) is 4.52 Å². The third kappa shape index (κ3) is 4.39. The van der Waals surface area contributed by atoms with E-state index in [9.17, 15) is 9.59 Å². The van der Waals surface area contributed by atoms with Crippen LogP contribution in [0.1, 0.15) is 34.5 Å². The minimum Gasteiger partial charge on any atom is -0.360 e. The summed E-state index contributed by atoms with van der Waals surface area (Å²) in [5, 5.41) is 7.59. The van der Waals surface area contributed by atoms with Crippen LogP contribution in [-0.4, -0.2) is 39.5 Å². The van der Waals surface area contributed by atoms with Crippen molar-refractivity contribution in [2.75, 3.05) is 18.4 Å². The molecule has 33 heavy (non-hydrogen) atoms. The number of hydrogen-bond acceptors (Lipinski definition) is 4. The second-order valence-electron chi connectivity index (χ2n) is 8.55. The fourth-order valence-corrected chi connectivity index (χ4v) is 4.50. The summed E-state index contributed by atoms with van der Waals surface area (Å²) >= 11 is 0. The lowest BCUT2D eigenvalue weighted by Crippen LogP contribution is -2.41. The number of amides is 2. The largest absolute Gasteiger partial charge is 0.360 e. The summed E-state index contributed by atoms with van der Waals surface area (Å²) in [5.41, 5.74) is 2.94. The zero-order valence-corrected chi connectivity index (χ0v) is 18.5. The molecule has 1 aliphatic heterocycles. The van der Waals surface area contributed by atoms with Crippen LogP contribution in [0.3, 0.4) is 0 Å². The van der Waals surface area contributed by atoms with Gasteiger partial charge in [0.05, 0.1) is 5.56 Å². The van der Waals surface area contributed by atoms with Crippen molar-refractivity contribution in [3.8, 4) is 0 Å². The smallest absolute Gasteiger partial charge is 0.256 e. The summed E-state index contributed by atoms with van der Waals surface area (Å²) in [6.07, 6.45) is 3.21. The molecular formula is C26H26N4O3. The van der Waals surface area contributed by atoms with Gasteiger partial charge in [0.25, 0.3) is 5.91 Å². The van der Waals surface area contributed by atoms with Gasteiger partial charge in [0.15, 0.2) is 5.82 Å². The number of carbonyl (C=O) groups excluding carboxylic acids is 2. The van der Waals surface area contributed by atoms with E-state index < -0.39 is 0 Å². The van der Waals surface area contributed by atoms with Gasteiger partial charge in [-0.1, -0.05) is 53.7 Å². The third-order valence-electron chi connectivity index (χ3n) is 6.25. The first-order valence-electron chi connectivity index (χ1n) is 11.2. The van der Waals surface area contributed by atoms with E-state index in [-0.39, 0.29) is 17.7 Å². The molecule has 0 saturated carbocycles. The molecule has 1 N–H and O–H groups in total. The average Bonchev–Trinajstić information content (AvgIpc) is 3.42. The van der Waals surface area contributed by atoms with Crippen LogP contribution in [0.4, 0.5) is 5.82 Å². The van der Waals surface area contributed by atoms with Crippen molar-refractivity contribution in [1.82, 2.24) is 14.6 Å². The first-order valence-corrected chi connectivity index (χ1v) is 11.2. The Balaban J connectivity index is 1.29. The number of piperidine rings is 1. The Morgan fingerprint density at radius 2 is 1.79 bits per heavy atom. The van der Waals surface area contributed by atoms with Crippen LogP contribution in [0.25, 0.3) is 10.9 Å². The summed E-state index contributed by atoms with van der Waals surface area (Å²) in [6, 6.07) is 20.0. The third-order valence-corrected chi connectivity index (χ3v) is 6.25. The highest BCUT2D eigenvalue weighted by Gasteiger charge is 2.29. The van der Waals surface area contributed by atoms with Crippen LogP contribution in [0.5, 0.6) is 0 Å². The number of benzene rings is 2. The zero-order valence-electron chi connectivity index (χ0n) is 18.5. The van der Waals surface area contributed by atoms with E-state index in [1.807, 2.05) is 47.5 Å². The lowest BCUT2D eigenvalue weighted by Gasteiger charge is -2.31. The molecule has 1 saturated heterocycles. The molecule has 3 heterocycles. The molecule has 5 rings (SSSR count). The number of likely N-dealkylation sites (tertiary alicyclic amines) is 1. The number of carbonyl (C=O) groups is 2. The minimum atomic E-state index is -0.148. The standard InChI is InChI=1S/C26H26N4O3/c1-18-15-24(28-33-18)27-25(31)20-11-13-29(14-12-20)26(32)22-17-30(16-19-7-3-2-4-8-19)23-10-6-5-9-21(22)23/h2-10,15,17,20H,11-14,16H2,1H3,(H,27,28,31). The number of nitrogens with zero attached hydrogens (tertiary/aromatic N) is 3. The first kappa shape index (κ1) is 21.0. The molecule has 0 atom stereocenters. The van der Waals surface area contributed by atoms with E-state index in [0.717, 1.165) is 10.9 Å². The van der Waals surface area contributed by atoms with Crippen LogP contribution < -0.4 is 5.32 Å². The van der Waals surface area contributed by atoms with Crippen molar-refractivity contribution in [2.24, 2.45) is 5.92 Å². The number of anilines is 1. The highest BCUT2D eigenvalue weighted by atomic mass is 16.5. The van der Waals surface area contributed by atoms with Gasteiger partial charge in [0, 0.05) is 48.7 Å². The number of nitrogens with one attached hydrogen (secondary N) is 1. The van der Waals surface area contributed by atoms with Gasteiger partial charge >= 0.3 is 0 Å². The predicted octanol–water partition coefficient (Wildman–Crippen LogP) is 4.48. The normalized spacial score (nSPS) is 14.5. The van der Waals surface area contributed by atoms with Gasteiger partial charge < -0.3 is 19.3 Å². The van der Waals surface area contributed by atoms with Crippen molar-refractivity contribution in [1.29, 1.82) is 0 Å².